The normalized spacial score (nSPS) is 13.9. The van der Waals surface area contributed by atoms with Crippen LogP contribution in [0.5, 0.6) is 0 Å². The Hall–Kier alpha value is -2.27. The van der Waals surface area contributed by atoms with Crippen LogP contribution in [0.1, 0.15) is 5.56 Å². The lowest BCUT2D eigenvalue weighted by molar-refractivity contribution is 0.483. The summed E-state index contributed by atoms with van der Waals surface area (Å²) in [6.45, 7) is 2.05. The van der Waals surface area contributed by atoms with Gasteiger partial charge in [0.15, 0.2) is 0 Å². The van der Waals surface area contributed by atoms with Gasteiger partial charge in [-0.2, -0.15) is 8.42 Å². The van der Waals surface area contributed by atoms with Crippen molar-refractivity contribution in [3.8, 4) is 0 Å². The highest BCUT2D eigenvalue weighted by molar-refractivity contribution is 7.85. The Morgan fingerprint density at radius 2 is 1.41 bits per heavy atom. The number of fused-ring (bicyclic) bond motifs is 2. The van der Waals surface area contributed by atoms with Gasteiger partial charge < -0.3 is 9.13 Å². The van der Waals surface area contributed by atoms with E-state index in [1.165, 1.54) is 29.0 Å². The number of thiazole rings is 2. The van der Waals surface area contributed by atoms with Crippen molar-refractivity contribution in [2.24, 2.45) is 24.3 Å². The van der Waals surface area contributed by atoms with Gasteiger partial charge in [-0.1, -0.05) is 28.7 Å². The van der Waals surface area contributed by atoms with Crippen molar-refractivity contribution in [2.75, 3.05) is 0 Å². The first-order chi connectivity index (χ1) is 12.7. The molecule has 1 N–H and O–H groups in total. The Morgan fingerprint density at radius 3 is 1.96 bits per heavy atom. The molecule has 0 fully saturated rings. The van der Waals surface area contributed by atoms with Gasteiger partial charge >= 0.3 is 0 Å². The van der Waals surface area contributed by atoms with Crippen molar-refractivity contribution >= 4 is 53.2 Å². The molecular weight excluding hydrogens is 404 g/mol. The molecule has 4 aromatic rings. The molecule has 0 spiro atoms. The fourth-order valence-electron chi connectivity index (χ4n) is 2.79. The minimum Gasteiger partial charge on any atom is -0.318 e. The SMILES string of the molecule is Cc1ccc2c(c1)s/c(=N/N=c1\sc3cc(S(=O)(=O)O)ccc3n1C)n2C. The summed E-state index contributed by atoms with van der Waals surface area (Å²) < 4.78 is 37.6. The van der Waals surface area contributed by atoms with Crippen LogP contribution in [0.2, 0.25) is 0 Å². The summed E-state index contributed by atoms with van der Waals surface area (Å²) >= 11 is 2.87. The van der Waals surface area contributed by atoms with Gasteiger partial charge in [-0.3, -0.25) is 4.55 Å². The van der Waals surface area contributed by atoms with Crippen LogP contribution in [0.3, 0.4) is 0 Å². The highest BCUT2D eigenvalue weighted by Gasteiger charge is 2.12. The zero-order valence-corrected chi connectivity index (χ0v) is 17.2. The fourth-order valence-corrected chi connectivity index (χ4v) is 5.45. The molecule has 0 saturated heterocycles. The fraction of sp³-hybridized carbons (Fsp3) is 0.176. The second-order valence-corrected chi connectivity index (χ2v) is 9.60. The van der Waals surface area contributed by atoms with Crippen LogP contribution in [0.4, 0.5) is 0 Å². The van der Waals surface area contributed by atoms with Gasteiger partial charge in [-0.25, -0.2) is 0 Å². The molecule has 0 bridgehead atoms. The van der Waals surface area contributed by atoms with E-state index < -0.39 is 10.1 Å². The molecule has 10 heteroatoms. The summed E-state index contributed by atoms with van der Waals surface area (Å²) in [7, 11) is -0.443. The van der Waals surface area contributed by atoms with E-state index in [1.54, 1.807) is 17.4 Å². The molecule has 2 aromatic heterocycles. The van der Waals surface area contributed by atoms with E-state index in [0.717, 1.165) is 20.5 Å². The second-order valence-electron chi connectivity index (χ2n) is 6.16. The Morgan fingerprint density at radius 1 is 0.889 bits per heavy atom. The summed E-state index contributed by atoms with van der Waals surface area (Å²) in [4.78, 5) is 1.27. The first kappa shape index (κ1) is 18.1. The van der Waals surface area contributed by atoms with Crippen molar-refractivity contribution in [3.63, 3.8) is 0 Å². The molecule has 0 aliphatic carbocycles. The second kappa shape index (κ2) is 6.41. The van der Waals surface area contributed by atoms with Gasteiger partial charge in [0.1, 0.15) is 0 Å². The maximum Gasteiger partial charge on any atom is 0.294 e. The Bertz CT molecular complexity index is 1440. The summed E-state index contributed by atoms with van der Waals surface area (Å²) in [5.41, 5.74) is 3.11. The Labute approximate surface area is 162 Å². The predicted octanol–water partition coefficient (Wildman–Crippen LogP) is 2.76. The zero-order chi connectivity index (χ0) is 19.3. The quantitative estimate of drug-likeness (QED) is 0.399. The van der Waals surface area contributed by atoms with Crippen molar-refractivity contribution in [2.45, 2.75) is 11.8 Å². The van der Waals surface area contributed by atoms with Crippen molar-refractivity contribution in [1.82, 2.24) is 9.13 Å². The monoisotopic (exact) mass is 420 g/mol. The standard InChI is InChI=1S/C17H16N4O3S3/c1-10-4-6-12-14(8-10)25-16(20(12)2)18-19-17-21(3)13-7-5-11(27(22,23)24)9-15(13)26-17/h4-9H,1-3H3,(H,22,23,24)/b18-16+,19-17-. The third-order valence-electron chi connectivity index (χ3n) is 4.26. The maximum absolute atomic E-state index is 11.3. The number of aromatic nitrogens is 2. The summed E-state index contributed by atoms with van der Waals surface area (Å²) in [6.07, 6.45) is 0. The van der Waals surface area contributed by atoms with Crippen molar-refractivity contribution < 1.29 is 13.0 Å². The van der Waals surface area contributed by atoms with E-state index >= 15 is 0 Å². The first-order valence-corrected chi connectivity index (χ1v) is 11.0. The van der Waals surface area contributed by atoms with Crippen molar-refractivity contribution in [3.05, 3.63) is 51.6 Å². The van der Waals surface area contributed by atoms with Crippen LogP contribution >= 0.6 is 22.7 Å². The number of benzene rings is 2. The van der Waals surface area contributed by atoms with E-state index in [1.807, 2.05) is 23.2 Å². The third kappa shape index (κ3) is 3.25. The van der Waals surface area contributed by atoms with Crippen LogP contribution in [-0.4, -0.2) is 22.1 Å². The topological polar surface area (TPSA) is 89.0 Å². The van der Waals surface area contributed by atoms with Crippen LogP contribution in [0.15, 0.2) is 51.5 Å². The molecular formula is C17H16N4O3S3. The van der Waals surface area contributed by atoms with Crippen LogP contribution in [0, 0.1) is 6.92 Å². The third-order valence-corrected chi connectivity index (χ3v) is 7.28. The number of hydrogen-bond donors (Lipinski definition) is 1. The highest BCUT2D eigenvalue weighted by atomic mass is 32.2. The van der Waals surface area contributed by atoms with E-state index in [-0.39, 0.29) is 4.90 Å². The van der Waals surface area contributed by atoms with Gasteiger partial charge in [-0.05, 0) is 42.8 Å². The lowest BCUT2D eigenvalue weighted by Gasteiger charge is -1.97. The van der Waals surface area contributed by atoms with Crippen molar-refractivity contribution in [1.29, 1.82) is 0 Å². The molecule has 0 saturated carbocycles. The van der Waals surface area contributed by atoms with E-state index in [2.05, 4.69) is 35.3 Å². The Kier molecular flexibility index (Phi) is 4.30. The average molecular weight is 421 g/mol. The average Bonchev–Trinajstić information content (AvgIpc) is 3.09. The molecule has 2 heterocycles. The highest BCUT2D eigenvalue weighted by Crippen LogP contribution is 2.21. The molecule has 0 aliphatic heterocycles. The molecule has 0 radical (unpaired) electrons. The minimum absolute atomic E-state index is 0.133. The van der Waals surface area contributed by atoms with Gasteiger partial charge in [0.05, 0.1) is 25.3 Å². The molecule has 0 unspecified atom stereocenters. The van der Waals surface area contributed by atoms with Gasteiger partial charge in [0, 0.05) is 14.1 Å². The smallest absolute Gasteiger partial charge is 0.294 e. The molecule has 2 aromatic carbocycles. The summed E-state index contributed by atoms with van der Waals surface area (Å²) in [5, 5.41) is 8.77. The molecule has 27 heavy (non-hydrogen) atoms. The lowest BCUT2D eigenvalue weighted by Crippen LogP contribution is -2.13. The van der Waals surface area contributed by atoms with Crippen LogP contribution < -0.4 is 9.60 Å². The number of hydrogen-bond acceptors (Lipinski definition) is 6. The van der Waals surface area contributed by atoms with Crippen LogP contribution in [0.25, 0.3) is 20.4 Å². The first-order valence-electron chi connectivity index (χ1n) is 7.95. The predicted molar refractivity (Wildman–Crippen MR) is 107 cm³/mol. The molecule has 0 atom stereocenters. The minimum atomic E-state index is -4.24. The molecule has 4 rings (SSSR count). The van der Waals surface area contributed by atoms with Gasteiger partial charge in [0.2, 0.25) is 9.60 Å². The molecule has 140 valence electrons. The number of rotatable bonds is 2. The number of aryl methyl sites for hydroxylation is 3. The molecule has 0 aliphatic rings. The van der Waals surface area contributed by atoms with Gasteiger partial charge in [0.25, 0.3) is 10.1 Å². The Balaban J connectivity index is 1.89. The lowest BCUT2D eigenvalue weighted by atomic mass is 10.2. The van der Waals surface area contributed by atoms with E-state index in [0.29, 0.717) is 9.50 Å². The maximum atomic E-state index is 11.3. The molecule has 0 amide bonds. The largest absolute Gasteiger partial charge is 0.318 e. The summed E-state index contributed by atoms with van der Waals surface area (Å²) in [5.74, 6) is 0. The summed E-state index contributed by atoms with van der Waals surface area (Å²) in [6, 6.07) is 10.7. The zero-order valence-electron chi connectivity index (χ0n) is 14.7. The van der Waals surface area contributed by atoms with Crippen LogP contribution in [-0.2, 0) is 24.2 Å². The number of nitrogens with zero attached hydrogens (tertiary/aromatic N) is 4. The molecule has 7 nitrogen and oxygen atoms in total. The van der Waals surface area contributed by atoms with Gasteiger partial charge in [-0.15, -0.1) is 10.2 Å². The van der Waals surface area contributed by atoms with E-state index in [4.69, 9.17) is 0 Å². The van der Waals surface area contributed by atoms with E-state index in [9.17, 15) is 13.0 Å².